The summed E-state index contributed by atoms with van der Waals surface area (Å²) in [7, 11) is 0. The normalized spacial score (nSPS) is 11.1. The van der Waals surface area contributed by atoms with Crippen molar-refractivity contribution in [2.75, 3.05) is 0 Å². The van der Waals surface area contributed by atoms with Crippen molar-refractivity contribution >= 4 is 38.6 Å². The minimum atomic E-state index is -0.223. The summed E-state index contributed by atoms with van der Waals surface area (Å²) in [6, 6.07) is 15.5. The zero-order valence-electron chi connectivity index (χ0n) is 9.99. The van der Waals surface area contributed by atoms with Gasteiger partial charge < -0.3 is 4.98 Å². The smallest absolute Gasteiger partial charge is 0.137 e. The molecular weight excluding hydrogens is 325 g/mol. The van der Waals surface area contributed by atoms with Crippen molar-refractivity contribution < 1.29 is 4.39 Å². The molecule has 19 heavy (non-hydrogen) atoms. The van der Waals surface area contributed by atoms with Crippen LogP contribution in [0.25, 0.3) is 10.9 Å². The minimum absolute atomic E-state index is 0.223. The molecule has 0 spiro atoms. The summed E-state index contributed by atoms with van der Waals surface area (Å²) >= 11 is 4.92. The van der Waals surface area contributed by atoms with Gasteiger partial charge in [-0.3, -0.25) is 0 Å². The van der Waals surface area contributed by atoms with E-state index in [4.69, 9.17) is 0 Å². The van der Waals surface area contributed by atoms with E-state index >= 15 is 0 Å². The number of H-pyrrole nitrogens is 1. The van der Waals surface area contributed by atoms with Crippen molar-refractivity contribution in [2.45, 2.75) is 10.8 Å². The number of aromatic nitrogens is 1. The van der Waals surface area contributed by atoms with Crippen LogP contribution in [0, 0.1) is 5.82 Å². The number of rotatable bonds is 3. The first kappa shape index (κ1) is 12.8. The van der Waals surface area contributed by atoms with Gasteiger partial charge in [0.2, 0.25) is 0 Å². The number of thioether (sulfide) groups is 1. The van der Waals surface area contributed by atoms with Gasteiger partial charge in [0.15, 0.2) is 0 Å². The van der Waals surface area contributed by atoms with Gasteiger partial charge in [-0.25, -0.2) is 4.39 Å². The Kier molecular flexibility index (Phi) is 3.62. The third-order valence-corrected chi connectivity index (χ3v) is 4.50. The van der Waals surface area contributed by atoms with Gasteiger partial charge >= 0.3 is 0 Å². The molecule has 0 aliphatic heterocycles. The van der Waals surface area contributed by atoms with Crippen molar-refractivity contribution in [3.63, 3.8) is 0 Å². The van der Waals surface area contributed by atoms with E-state index in [1.165, 1.54) is 11.5 Å². The van der Waals surface area contributed by atoms with E-state index < -0.39 is 0 Å². The number of aromatic amines is 1. The van der Waals surface area contributed by atoms with E-state index in [0.717, 1.165) is 21.9 Å². The van der Waals surface area contributed by atoms with Crippen molar-refractivity contribution in [1.82, 2.24) is 4.98 Å². The van der Waals surface area contributed by atoms with Gasteiger partial charge in [-0.1, -0.05) is 24.3 Å². The predicted molar refractivity (Wildman–Crippen MR) is 82.0 cm³/mol. The Labute approximate surface area is 123 Å². The Morgan fingerprint density at radius 1 is 1.11 bits per heavy atom. The average molecular weight is 336 g/mol. The molecule has 0 unspecified atom stereocenters. The Bertz CT molecular complexity index is 690. The molecule has 0 radical (unpaired) electrons. The summed E-state index contributed by atoms with van der Waals surface area (Å²) in [4.78, 5) is 3.37. The van der Waals surface area contributed by atoms with Gasteiger partial charge in [-0.15, -0.1) is 11.8 Å². The van der Waals surface area contributed by atoms with E-state index in [9.17, 15) is 4.39 Å². The van der Waals surface area contributed by atoms with Crippen molar-refractivity contribution in [1.29, 1.82) is 0 Å². The number of benzene rings is 2. The van der Waals surface area contributed by atoms with E-state index in [2.05, 4.69) is 39.1 Å². The number of hydrogen-bond donors (Lipinski definition) is 1. The molecule has 96 valence electrons. The van der Waals surface area contributed by atoms with Crippen LogP contribution in [0.2, 0.25) is 0 Å². The predicted octanol–water partition coefficient (Wildman–Crippen LogP) is 5.36. The van der Waals surface area contributed by atoms with Crippen LogP contribution in [0.4, 0.5) is 4.39 Å². The Hall–Kier alpha value is -1.26. The third kappa shape index (κ3) is 2.85. The first-order valence-corrected chi connectivity index (χ1v) is 7.65. The highest BCUT2D eigenvalue weighted by molar-refractivity contribution is 9.10. The molecule has 0 saturated heterocycles. The molecular formula is C15H11BrFNS. The van der Waals surface area contributed by atoms with E-state index in [0.29, 0.717) is 4.47 Å². The van der Waals surface area contributed by atoms with Crippen LogP contribution in [0.15, 0.2) is 58.0 Å². The van der Waals surface area contributed by atoms with Gasteiger partial charge in [0.25, 0.3) is 0 Å². The lowest BCUT2D eigenvalue weighted by molar-refractivity contribution is 0.620. The van der Waals surface area contributed by atoms with Gasteiger partial charge in [0.1, 0.15) is 5.82 Å². The maximum absolute atomic E-state index is 13.1. The number of nitrogens with one attached hydrogen (secondary N) is 1. The van der Waals surface area contributed by atoms with Crippen LogP contribution in [-0.2, 0) is 5.75 Å². The molecule has 0 saturated carbocycles. The molecule has 0 bridgehead atoms. The van der Waals surface area contributed by atoms with Crippen LogP contribution in [0.3, 0.4) is 0 Å². The molecule has 1 nitrogen and oxygen atoms in total. The summed E-state index contributed by atoms with van der Waals surface area (Å²) in [6.45, 7) is 0. The largest absolute Gasteiger partial charge is 0.350 e. The second-order valence-corrected chi connectivity index (χ2v) is 6.13. The van der Waals surface area contributed by atoms with E-state index in [1.807, 2.05) is 24.3 Å². The quantitative estimate of drug-likeness (QED) is 0.637. The van der Waals surface area contributed by atoms with Crippen molar-refractivity contribution in [2.24, 2.45) is 0 Å². The number of para-hydroxylation sites is 1. The third-order valence-electron chi connectivity index (χ3n) is 2.88. The highest BCUT2D eigenvalue weighted by Crippen LogP contribution is 2.27. The fourth-order valence-electron chi connectivity index (χ4n) is 1.92. The van der Waals surface area contributed by atoms with E-state index in [-0.39, 0.29) is 5.82 Å². The molecule has 1 N–H and O–H groups in total. The molecule has 3 rings (SSSR count). The monoisotopic (exact) mass is 335 g/mol. The zero-order valence-corrected chi connectivity index (χ0v) is 12.4. The Morgan fingerprint density at radius 2 is 1.95 bits per heavy atom. The van der Waals surface area contributed by atoms with Gasteiger partial charge in [-0.2, -0.15) is 0 Å². The number of hydrogen-bond acceptors (Lipinski definition) is 1. The Morgan fingerprint density at radius 3 is 2.74 bits per heavy atom. The van der Waals surface area contributed by atoms with Crippen molar-refractivity contribution in [3.05, 3.63) is 64.4 Å². The standard InChI is InChI=1S/C15H11BrFNS/c16-12-7-10(5-6-13(12)17)9-19-15-8-11-3-1-2-4-14(11)18-15/h1-8,18H,9H2. The topological polar surface area (TPSA) is 15.8 Å². The number of fused-ring (bicyclic) bond motifs is 1. The summed E-state index contributed by atoms with van der Waals surface area (Å²) in [5.74, 6) is 0.588. The lowest BCUT2D eigenvalue weighted by atomic mass is 10.2. The van der Waals surface area contributed by atoms with Gasteiger partial charge in [0.05, 0.1) is 9.50 Å². The lowest BCUT2D eigenvalue weighted by Crippen LogP contribution is -1.83. The summed E-state index contributed by atoms with van der Waals surface area (Å²) in [6.07, 6.45) is 0. The highest BCUT2D eigenvalue weighted by atomic mass is 79.9. The maximum Gasteiger partial charge on any atom is 0.137 e. The minimum Gasteiger partial charge on any atom is -0.350 e. The molecule has 4 heteroatoms. The van der Waals surface area contributed by atoms with Crippen LogP contribution in [0.5, 0.6) is 0 Å². The Balaban J connectivity index is 1.76. The molecule has 0 amide bonds. The van der Waals surface area contributed by atoms with Crippen LogP contribution in [-0.4, -0.2) is 4.98 Å². The fraction of sp³-hybridized carbons (Fsp3) is 0.0667. The van der Waals surface area contributed by atoms with Crippen LogP contribution < -0.4 is 0 Å². The molecule has 0 aliphatic carbocycles. The van der Waals surface area contributed by atoms with Gasteiger partial charge in [-0.05, 0) is 45.8 Å². The molecule has 1 aromatic heterocycles. The maximum atomic E-state index is 13.1. The van der Waals surface area contributed by atoms with Gasteiger partial charge in [0, 0.05) is 16.7 Å². The molecule has 1 heterocycles. The average Bonchev–Trinajstić information content (AvgIpc) is 2.83. The SMILES string of the molecule is Fc1ccc(CSc2cc3ccccc3[nH]2)cc1Br. The molecule has 2 aromatic carbocycles. The van der Waals surface area contributed by atoms with Crippen molar-refractivity contribution in [3.8, 4) is 0 Å². The molecule has 0 fully saturated rings. The molecule has 0 aliphatic rings. The first-order chi connectivity index (χ1) is 9.22. The number of halogens is 2. The summed E-state index contributed by atoms with van der Waals surface area (Å²) < 4.78 is 13.7. The highest BCUT2D eigenvalue weighted by Gasteiger charge is 2.03. The van der Waals surface area contributed by atoms with Crippen LogP contribution >= 0.6 is 27.7 Å². The lowest BCUT2D eigenvalue weighted by Gasteiger charge is -2.01. The van der Waals surface area contributed by atoms with Crippen LogP contribution in [0.1, 0.15) is 5.56 Å². The summed E-state index contributed by atoms with van der Waals surface area (Å²) in [5, 5.41) is 2.34. The molecule has 0 atom stereocenters. The first-order valence-electron chi connectivity index (χ1n) is 5.87. The second kappa shape index (κ2) is 5.39. The zero-order chi connectivity index (χ0) is 13.2. The van der Waals surface area contributed by atoms with E-state index in [1.54, 1.807) is 11.8 Å². The molecule has 3 aromatic rings. The second-order valence-electron chi connectivity index (χ2n) is 4.26. The summed E-state index contributed by atoms with van der Waals surface area (Å²) in [5.41, 5.74) is 2.24. The fourth-order valence-corrected chi connectivity index (χ4v) is 3.24.